The van der Waals surface area contributed by atoms with Crippen LogP contribution in [-0.2, 0) is 16.4 Å². The highest BCUT2D eigenvalue weighted by Crippen LogP contribution is 2.32. The molecule has 0 radical (unpaired) electrons. The zero-order valence-electron chi connectivity index (χ0n) is 15.3. The Morgan fingerprint density at radius 2 is 1.78 bits per heavy atom. The summed E-state index contributed by atoms with van der Waals surface area (Å²) in [7, 11) is -3.87. The van der Waals surface area contributed by atoms with Crippen LogP contribution in [0.4, 0.5) is 4.79 Å². The molecule has 0 spiro atoms. The van der Waals surface area contributed by atoms with Gasteiger partial charge in [0, 0.05) is 26.2 Å². The molecule has 0 bridgehead atoms. The van der Waals surface area contributed by atoms with Gasteiger partial charge in [-0.15, -0.1) is 0 Å². The molecular weight excluding hydrogens is 362 g/mol. The van der Waals surface area contributed by atoms with Gasteiger partial charge in [-0.3, -0.25) is 4.90 Å². The van der Waals surface area contributed by atoms with Crippen molar-refractivity contribution < 1.29 is 13.2 Å². The summed E-state index contributed by atoms with van der Waals surface area (Å²) in [6.07, 6.45) is 1.01. The van der Waals surface area contributed by atoms with E-state index in [0.717, 1.165) is 25.1 Å². The summed E-state index contributed by atoms with van der Waals surface area (Å²) < 4.78 is 27.2. The molecule has 2 aliphatic heterocycles. The Morgan fingerprint density at radius 1 is 1.04 bits per heavy atom. The number of carbonyl (C=O) groups excluding carboxylic acids is 1. The van der Waals surface area contributed by atoms with Crippen molar-refractivity contribution in [2.75, 3.05) is 26.2 Å². The molecule has 0 aliphatic carbocycles. The van der Waals surface area contributed by atoms with Gasteiger partial charge in [0.05, 0.1) is 10.9 Å². The van der Waals surface area contributed by atoms with E-state index in [4.69, 9.17) is 0 Å². The molecule has 1 fully saturated rings. The summed E-state index contributed by atoms with van der Waals surface area (Å²) in [5, 5.41) is 0. The van der Waals surface area contributed by atoms with Crippen molar-refractivity contribution in [3.8, 4) is 0 Å². The molecule has 6 nitrogen and oxygen atoms in total. The van der Waals surface area contributed by atoms with Crippen LogP contribution in [0.3, 0.4) is 0 Å². The summed E-state index contributed by atoms with van der Waals surface area (Å²) in [6.45, 7) is 4.62. The van der Waals surface area contributed by atoms with E-state index in [1.54, 1.807) is 17.0 Å². The third kappa shape index (κ3) is 3.57. The van der Waals surface area contributed by atoms with Gasteiger partial charge >= 0.3 is 6.03 Å². The predicted octanol–water partition coefficient (Wildman–Crippen LogP) is 2.31. The molecule has 27 heavy (non-hydrogen) atoms. The summed E-state index contributed by atoms with van der Waals surface area (Å²) in [6, 6.07) is 14.3. The predicted molar refractivity (Wildman–Crippen MR) is 103 cm³/mol. The zero-order valence-corrected chi connectivity index (χ0v) is 16.1. The van der Waals surface area contributed by atoms with Gasteiger partial charge in [0.15, 0.2) is 0 Å². The molecule has 142 valence electrons. The molecule has 7 heteroatoms. The molecule has 2 aliphatic rings. The fourth-order valence-electron chi connectivity index (χ4n) is 3.87. The molecule has 1 unspecified atom stereocenters. The highest BCUT2D eigenvalue weighted by molar-refractivity contribution is 7.90. The molecule has 2 aromatic rings. The van der Waals surface area contributed by atoms with Crippen LogP contribution in [0.1, 0.15) is 22.7 Å². The van der Waals surface area contributed by atoms with Gasteiger partial charge in [0.2, 0.25) is 0 Å². The van der Waals surface area contributed by atoms with Gasteiger partial charge in [-0.1, -0.05) is 42.0 Å². The summed E-state index contributed by atoms with van der Waals surface area (Å²) in [4.78, 5) is 16.7. The highest BCUT2D eigenvalue weighted by Gasteiger charge is 2.35. The normalized spacial score (nSPS) is 19.9. The zero-order chi connectivity index (χ0) is 19.0. The van der Waals surface area contributed by atoms with Crippen molar-refractivity contribution in [1.82, 2.24) is 14.5 Å². The average molecular weight is 385 g/mol. The molecule has 4 rings (SSSR count). The third-order valence-corrected chi connectivity index (χ3v) is 6.75. The summed E-state index contributed by atoms with van der Waals surface area (Å²) in [5.74, 6) is 0. The largest absolute Gasteiger partial charge is 0.331 e. The Bertz CT molecular complexity index is 957. The van der Waals surface area contributed by atoms with E-state index in [1.807, 2.05) is 19.1 Å². The number of nitrogens with zero attached hydrogens (tertiary/aromatic N) is 2. The smallest absolute Gasteiger partial charge is 0.321 e. The number of hydrogen-bond acceptors (Lipinski definition) is 4. The van der Waals surface area contributed by atoms with Gasteiger partial charge in [0.1, 0.15) is 0 Å². The van der Waals surface area contributed by atoms with E-state index in [2.05, 4.69) is 21.8 Å². The minimum absolute atomic E-state index is 0.100. The number of aryl methyl sites for hydroxylation is 1. The maximum Gasteiger partial charge on any atom is 0.331 e. The second-order valence-electron chi connectivity index (χ2n) is 7.17. The number of hydrogen-bond donors (Lipinski definition) is 1. The number of benzene rings is 2. The van der Waals surface area contributed by atoms with Crippen LogP contribution < -0.4 is 4.72 Å². The first kappa shape index (κ1) is 18.0. The lowest BCUT2D eigenvalue weighted by Gasteiger charge is -2.44. The van der Waals surface area contributed by atoms with Gasteiger partial charge in [-0.2, -0.15) is 0 Å². The van der Waals surface area contributed by atoms with Crippen LogP contribution in [0.2, 0.25) is 0 Å². The molecule has 2 heterocycles. The third-order valence-electron chi connectivity index (χ3n) is 5.41. The fourth-order valence-corrected chi connectivity index (χ4v) is 4.85. The van der Waals surface area contributed by atoms with Gasteiger partial charge in [-0.05, 0) is 36.6 Å². The Balaban J connectivity index is 1.50. The minimum atomic E-state index is -3.87. The maximum absolute atomic E-state index is 12.7. The van der Waals surface area contributed by atoms with E-state index in [-0.39, 0.29) is 10.9 Å². The molecule has 0 saturated carbocycles. The molecule has 0 aromatic heterocycles. The second-order valence-corrected chi connectivity index (χ2v) is 8.85. The van der Waals surface area contributed by atoms with E-state index in [1.165, 1.54) is 23.3 Å². The van der Waals surface area contributed by atoms with Crippen LogP contribution >= 0.6 is 0 Å². The van der Waals surface area contributed by atoms with E-state index >= 15 is 0 Å². The first-order chi connectivity index (χ1) is 12.9. The van der Waals surface area contributed by atoms with Crippen LogP contribution in [-0.4, -0.2) is 50.4 Å². The van der Waals surface area contributed by atoms with Crippen molar-refractivity contribution in [1.29, 1.82) is 0 Å². The quantitative estimate of drug-likeness (QED) is 0.861. The minimum Gasteiger partial charge on any atom is -0.321 e. The number of piperazine rings is 1. The first-order valence-electron chi connectivity index (χ1n) is 9.14. The fraction of sp³-hybridized carbons (Fsp3) is 0.350. The topological polar surface area (TPSA) is 69.7 Å². The number of urea groups is 1. The van der Waals surface area contributed by atoms with Crippen molar-refractivity contribution in [2.24, 2.45) is 0 Å². The summed E-state index contributed by atoms with van der Waals surface area (Å²) in [5.41, 5.74) is 3.52. The highest BCUT2D eigenvalue weighted by atomic mass is 32.2. The number of fused-ring (bicyclic) bond motifs is 3. The van der Waals surface area contributed by atoms with Gasteiger partial charge < -0.3 is 4.90 Å². The van der Waals surface area contributed by atoms with Crippen LogP contribution in [0, 0.1) is 6.92 Å². The van der Waals surface area contributed by atoms with E-state index < -0.39 is 16.1 Å². The molecular formula is C20H23N3O3S. The number of carbonyl (C=O) groups is 1. The number of nitrogens with one attached hydrogen (secondary N) is 1. The molecule has 1 saturated heterocycles. The monoisotopic (exact) mass is 385 g/mol. The van der Waals surface area contributed by atoms with Crippen LogP contribution in [0.25, 0.3) is 0 Å². The molecule has 1 atom stereocenters. The Kier molecular flexibility index (Phi) is 4.65. The standard InChI is InChI=1S/C20H23N3O3S/c1-15-6-8-17(9-7-15)27(25,26)21-20(24)23-13-12-22-11-10-16-4-2-3-5-18(16)19(22)14-23/h2-9,19H,10-14H2,1H3,(H,21,24). The van der Waals surface area contributed by atoms with Crippen LogP contribution in [0.5, 0.6) is 0 Å². The summed E-state index contributed by atoms with van der Waals surface area (Å²) >= 11 is 0. The lowest BCUT2D eigenvalue weighted by atomic mass is 9.91. The van der Waals surface area contributed by atoms with E-state index in [9.17, 15) is 13.2 Å². The maximum atomic E-state index is 12.7. The number of sulfonamides is 1. The average Bonchev–Trinajstić information content (AvgIpc) is 2.67. The Hall–Kier alpha value is -2.38. The Labute approximate surface area is 159 Å². The Morgan fingerprint density at radius 3 is 2.56 bits per heavy atom. The number of rotatable bonds is 2. The van der Waals surface area contributed by atoms with Gasteiger partial charge in [0.25, 0.3) is 10.0 Å². The second kappa shape index (κ2) is 6.98. The molecule has 2 aromatic carbocycles. The van der Waals surface area contributed by atoms with Crippen molar-refractivity contribution in [3.05, 3.63) is 65.2 Å². The molecule has 1 N–H and O–H groups in total. The van der Waals surface area contributed by atoms with E-state index in [0.29, 0.717) is 13.1 Å². The lowest BCUT2D eigenvalue weighted by molar-refractivity contribution is 0.0846. The van der Waals surface area contributed by atoms with Crippen LogP contribution in [0.15, 0.2) is 53.4 Å². The SMILES string of the molecule is Cc1ccc(S(=O)(=O)NC(=O)N2CCN3CCc4ccccc4C3C2)cc1. The first-order valence-corrected chi connectivity index (χ1v) is 10.6. The molecule has 2 amide bonds. The number of amides is 2. The van der Waals surface area contributed by atoms with Crippen molar-refractivity contribution >= 4 is 16.1 Å². The lowest BCUT2D eigenvalue weighted by Crippen LogP contribution is -2.55. The van der Waals surface area contributed by atoms with Crippen molar-refractivity contribution in [3.63, 3.8) is 0 Å². The van der Waals surface area contributed by atoms with Gasteiger partial charge in [-0.25, -0.2) is 17.9 Å². The van der Waals surface area contributed by atoms with Crippen molar-refractivity contribution in [2.45, 2.75) is 24.3 Å².